The molecule has 7 nitrogen and oxygen atoms in total. The van der Waals surface area contributed by atoms with Crippen LogP contribution >= 0.6 is 0 Å². The monoisotopic (exact) mass is 424 g/mol. The molecule has 1 amide bonds. The van der Waals surface area contributed by atoms with Crippen LogP contribution in [-0.4, -0.2) is 56.9 Å². The van der Waals surface area contributed by atoms with E-state index in [9.17, 15) is 19.4 Å². The molecule has 2 aromatic carbocycles. The normalized spacial score (nSPS) is 16.8. The van der Waals surface area contributed by atoms with Crippen LogP contribution in [-0.2, 0) is 0 Å². The van der Waals surface area contributed by atoms with Crippen molar-refractivity contribution in [1.82, 2.24) is 14.9 Å². The number of benzene rings is 2. The summed E-state index contributed by atoms with van der Waals surface area (Å²) >= 11 is 0. The largest absolute Gasteiger partial charge is 0.507 e. The number of fused-ring (bicyclic) bond motifs is 1. The van der Waals surface area contributed by atoms with Gasteiger partial charge >= 0.3 is 6.09 Å². The van der Waals surface area contributed by atoms with E-state index in [0.717, 1.165) is 13.1 Å². The van der Waals surface area contributed by atoms with Crippen molar-refractivity contribution in [3.63, 3.8) is 0 Å². The van der Waals surface area contributed by atoms with Crippen molar-refractivity contribution in [2.24, 2.45) is 5.92 Å². The molecule has 3 aromatic rings. The molecule has 0 bridgehead atoms. The van der Waals surface area contributed by atoms with Crippen LogP contribution in [0.5, 0.6) is 5.75 Å². The summed E-state index contributed by atoms with van der Waals surface area (Å²) in [5.74, 6) is 0.285. The molecule has 2 N–H and O–H groups in total. The second kappa shape index (κ2) is 8.47. The van der Waals surface area contributed by atoms with Crippen LogP contribution < -0.4 is 4.90 Å². The molecule has 0 aliphatic carbocycles. The number of phenolic OH excluding ortho intramolecular Hbond substituents is 1. The number of rotatable bonds is 5. The Labute approximate surface area is 179 Å². The average molecular weight is 424 g/mol. The summed E-state index contributed by atoms with van der Waals surface area (Å²) in [4.78, 5) is 24.8. The Morgan fingerprint density at radius 1 is 1.26 bits per heavy atom. The molecule has 162 valence electrons. The molecule has 0 radical (unpaired) electrons. The predicted molar refractivity (Wildman–Crippen MR) is 117 cm³/mol. The quantitative estimate of drug-likeness (QED) is 0.633. The lowest BCUT2D eigenvalue weighted by Crippen LogP contribution is -2.42. The van der Waals surface area contributed by atoms with Gasteiger partial charge in [-0.25, -0.2) is 19.2 Å². The van der Waals surface area contributed by atoms with Gasteiger partial charge < -0.3 is 15.1 Å². The summed E-state index contributed by atoms with van der Waals surface area (Å²) in [5, 5.41) is 20.7. The number of likely N-dealkylation sites (tertiary alicyclic amines) is 1. The lowest BCUT2D eigenvalue weighted by Gasteiger charge is -2.27. The maximum atomic E-state index is 14.1. The van der Waals surface area contributed by atoms with Gasteiger partial charge in [-0.2, -0.15) is 0 Å². The van der Waals surface area contributed by atoms with Crippen LogP contribution in [0.4, 0.5) is 15.0 Å². The van der Waals surface area contributed by atoms with Crippen LogP contribution in [0.3, 0.4) is 0 Å². The molecule has 1 aromatic heterocycles. The Kier molecular flexibility index (Phi) is 5.73. The van der Waals surface area contributed by atoms with Crippen molar-refractivity contribution in [2.45, 2.75) is 26.3 Å². The molecular formula is C23H25FN4O3. The highest BCUT2D eigenvalue weighted by Crippen LogP contribution is 2.34. The summed E-state index contributed by atoms with van der Waals surface area (Å²) in [6, 6.07) is 10.3. The Morgan fingerprint density at radius 3 is 2.74 bits per heavy atom. The molecule has 8 heteroatoms. The van der Waals surface area contributed by atoms with E-state index in [2.05, 4.69) is 28.7 Å². The molecular weight excluding hydrogens is 399 g/mol. The Hall–Kier alpha value is -3.26. The molecule has 0 saturated carbocycles. The number of nitrogens with zero attached hydrogens (tertiary/aromatic N) is 4. The number of hydrogen-bond acceptors (Lipinski definition) is 5. The van der Waals surface area contributed by atoms with E-state index in [1.54, 1.807) is 18.2 Å². The van der Waals surface area contributed by atoms with Gasteiger partial charge in [-0.1, -0.05) is 26.0 Å². The van der Waals surface area contributed by atoms with Crippen LogP contribution in [0.1, 0.15) is 20.3 Å². The first kappa shape index (κ1) is 21.0. The maximum absolute atomic E-state index is 14.1. The van der Waals surface area contributed by atoms with Gasteiger partial charge in [-0.15, -0.1) is 0 Å². The summed E-state index contributed by atoms with van der Waals surface area (Å²) in [7, 11) is 0. The second-order valence-electron chi connectivity index (χ2n) is 8.30. The van der Waals surface area contributed by atoms with Gasteiger partial charge in [0.25, 0.3) is 0 Å². The number of carbonyl (C=O) groups is 1. The third kappa shape index (κ3) is 4.29. The fraction of sp³-hybridized carbons (Fsp3) is 0.348. The fourth-order valence-corrected chi connectivity index (χ4v) is 4.18. The number of hydrogen-bond donors (Lipinski definition) is 2. The first-order chi connectivity index (χ1) is 14.8. The second-order valence-corrected chi connectivity index (χ2v) is 8.30. The fourth-order valence-electron chi connectivity index (χ4n) is 4.18. The predicted octanol–water partition coefficient (Wildman–Crippen LogP) is 4.36. The van der Waals surface area contributed by atoms with Crippen molar-refractivity contribution in [3.8, 4) is 17.1 Å². The Morgan fingerprint density at radius 2 is 2.03 bits per heavy atom. The summed E-state index contributed by atoms with van der Waals surface area (Å²) in [6.45, 7) is 6.50. The highest BCUT2D eigenvalue weighted by atomic mass is 19.1. The Bertz CT molecular complexity index is 1120. The molecule has 31 heavy (non-hydrogen) atoms. The molecule has 1 aliphatic rings. The van der Waals surface area contributed by atoms with Crippen LogP contribution in [0, 0.1) is 11.7 Å². The van der Waals surface area contributed by atoms with Gasteiger partial charge in [0.1, 0.15) is 17.4 Å². The summed E-state index contributed by atoms with van der Waals surface area (Å²) in [5.41, 5.74) is 0.793. The van der Waals surface area contributed by atoms with Crippen molar-refractivity contribution in [1.29, 1.82) is 0 Å². The summed E-state index contributed by atoms with van der Waals surface area (Å²) in [6.07, 6.45) is -0.491. The van der Waals surface area contributed by atoms with Gasteiger partial charge in [0.05, 0.1) is 17.1 Å². The molecule has 4 rings (SSSR count). The minimum Gasteiger partial charge on any atom is -0.507 e. The van der Waals surface area contributed by atoms with E-state index in [1.165, 1.54) is 29.2 Å². The van der Waals surface area contributed by atoms with Gasteiger partial charge in [0.2, 0.25) is 0 Å². The molecule has 1 saturated heterocycles. The van der Waals surface area contributed by atoms with E-state index >= 15 is 0 Å². The van der Waals surface area contributed by atoms with Gasteiger partial charge in [-0.05, 0) is 42.7 Å². The van der Waals surface area contributed by atoms with Gasteiger partial charge in [-0.3, -0.25) is 4.90 Å². The number of amides is 1. The third-order valence-corrected chi connectivity index (χ3v) is 5.45. The van der Waals surface area contributed by atoms with E-state index in [0.29, 0.717) is 35.3 Å². The zero-order chi connectivity index (χ0) is 22.1. The Balaban J connectivity index is 1.84. The topological polar surface area (TPSA) is 89.8 Å². The van der Waals surface area contributed by atoms with E-state index in [4.69, 9.17) is 0 Å². The minimum absolute atomic E-state index is 0.0132. The van der Waals surface area contributed by atoms with Crippen LogP contribution in [0.15, 0.2) is 42.5 Å². The van der Waals surface area contributed by atoms with Crippen molar-refractivity contribution in [2.75, 3.05) is 24.5 Å². The van der Waals surface area contributed by atoms with Crippen molar-refractivity contribution >= 4 is 22.8 Å². The first-order valence-corrected chi connectivity index (χ1v) is 10.3. The number of aromatic hydroxyl groups is 1. The number of carboxylic acid groups (broad SMARTS) is 1. The van der Waals surface area contributed by atoms with Gasteiger partial charge in [0, 0.05) is 25.0 Å². The van der Waals surface area contributed by atoms with Crippen LogP contribution in [0.25, 0.3) is 22.3 Å². The zero-order valence-electron chi connectivity index (χ0n) is 17.5. The smallest absolute Gasteiger partial charge is 0.413 e. The van der Waals surface area contributed by atoms with E-state index in [1.807, 2.05) is 0 Å². The van der Waals surface area contributed by atoms with E-state index in [-0.39, 0.29) is 23.4 Å². The first-order valence-electron chi connectivity index (χ1n) is 10.3. The van der Waals surface area contributed by atoms with Crippen LogP contribution in [0.2, 0.25) is 0 Å². The lowest BCUT2D eigenvalue weighted by atomic mass is 10.1. The molecule has 1 atom stereocenters. The number of anilines is 1. The minimum atomic E-state index is -1.15. The number of phenols is 1. The van der Waals surface area contributed by atoms with Crippen molar-refractivity contribution in [3.05, 3.63) is 48.3 Å². The van der Waals surface area contributed by atoms with Gasteiger partial charge in [0.15, 0.2) is 5.82 Å². The average Bonchev–Trinajstić information content (AvgIpc) is 3.15. The molecule has 2 heterocycles. The van der Waals surface area contributed by atoms with E-state index < -0.39 is 11.9 Å². The number of para-hydroxylation sites is 1. The number of aromatic nitrogens is 2. The molecule has 1 aliphatic heterocycles. The lowest BCUT2D eigenvalue weighted by molar-refractivity contribution is 0.198. The third-order valence-electron chi connectivity index (χ3n) is 5.45. The molecule has 1 fully saturated rings. The highest BCUT2D eigenvalue weighted by molar-refractivity contribution is 5.99. The highest BCUT2D eigenvalue weighted by Gasteiger charge is 2.34. The SMILES string of the molecule is CC(C)CN1CC[C@@H](N(C(=O)O)c2nc(-c3ccccc3O)nc3ccc(F)cc23)C1. The molecule has 0 unspecified atom stereocenters. The summed E-state index contributed by atoms with van der Waals surface area (Å²) < 4.78 is 14.1. The standard InChI is InChI=1S/C23H25FN4O3/c1-14(2)12-27-10-9-16(13-27)28(23(30)31)22-18-11-15(24)7-8-19(18)25-21(26-22)17-5-3-4-6-20(17)29/h3-8,11,14,16,29H,9-10,12-13H2,1-2H3,(H,30,31)/t16-/m1/s1. The zero-order valence-corrected chi connectivity index (χ0v) is 17.5. The maximum Gasteiger partial charge on any atom is 0.413 e. The molecule has 0 spiro atoms. The van der Waals surface area contributed by atoms with Crippen molar-refractivity contribution < 1.29 is 19.4 Å². The number of halogens is 1.